The van der Waals surface area contributed by atoms with Crippen LogP contribution < -0.4 is 4.74 Å². The fourth-order valence-corrected chi connectivity index (χ4v) is 2.32. The van der Waals surface area contributed by atoms with Gasteiger partial charge in [-0.3, -0.25) is 10.1 Å². The molecular weight excluding hydrogens is 250 g/mol. The Morgan fingerprint density at radius 3 is 2.63 bits per heavy atom. The quantitative estimate of drug-likeness (QED) is 0.626. The summed E-state index contributed by atoms with van der Waals surface area (Å²) in [6.07, 6.45) is 3.22. The molecule has 104 valence electrons. The predicted octanol–water partition coefficient (Wildman–Crippen LogP) is 1.77. The average molecular weight is 267 g/mol. The Labute approximate surface area is 110 Å². The number of benzene rings is 1. The molecule has 2 N–H and O–H groups in total. The molecule has 0 amide bonds. The van der Waals surface area contributed by atoms with Crippen LogP contribution in [0.2, 0.25) is 0 Å². The molecule has 0 atom stereocenters. The van der Waals surface area contributed by atoms with E-state index in [2.05, 4.69) is 0 Å². The molecule has 6 heteroatoms. The Bertz CT molecular complexity index is 468. The van der Waals surface area contributed by atoms with E-state index in [4.69, 9.17) is 9.84 Å². The van der Waals surface area contributed by atoms with Crippen LogP contribution in [0, 0.1) is 10.1 Å². The third-order valence-corrected chi connectivity index (χ3v) is 3.43. The number of ether oxygens (including phenoxy) is 1. The lowest BCUT2D eigenvalue weighted by molar-refractivity contribution is -0.386. The van der Waals surface area contributed by atoms with Crippen LogP contribution in [0.15, 0.2) is 18.2 Å². The summed E-state index contributed by atoms with van der Waals surface area (Å²) in [4.78, 5) is 10.4. The third-order valence-electron chi connectivity index (χ3n) is 3.43. The van der Waals surface area contributed by atoms with Crippen molar-refractivity contribution in [3.63, 3.8) is 0 Å². The predicted molar refractivity (Wildman–Crippen MR) is 67.9 cm³/mol. The molecule has 0 saturated heterocycles. The summed E-state index contributed by atoms with van der Waals surface area (Å²) >= 11 is 0. The first-order chi connectivity index (χ1) is 9.04. The van der Waals surface area contributed by atoms with Gasteiger partial charge in [-0.05, 0) is 24.5 Å². The lowest BCUT2D eigenvalue weighted by atomic mass is 10.0. The minimum Gasteiger partial charge on any atom is -0.484 e. The molecule has 0 radical (unpaired) electrons. The molecular formula is C13H17NO5. The van der Waals surface area contributed by atoms with E-state index in [0.29, 0.717) is 18.4 Å². The molecule has 19 heavy (non-hydrogen) atoms. The molecule has 1 saturated carbocycles. The van der Waals surface area contributed by atoms with Crippen molar-refractivity contribution in [3.05, 3.63) is 33.9 Å². The summed E-state index contributed by atoms with van der Waals surface area (Å²) in [5.74, 6) is 0.127. The van der Waals surface area contributed by atoms with Crippen molar-refractivity contribution in [2.75, 3.05) is 6.61 Å². The second-order valence-corrected chi connectivity index (χ2v) is 4.94. The molecule has 1 aromatic carbocycles. The van der Waals surface area contributed by atoms with Crippen LogP contribution in [-0.2, 0) is 6.61 Å². The van der Waals surface area contributed by atoms with Gasteiger partial charge in [-0.15, -0.1) is 0 Å². The summed E-state index contributed by atoms with van der Waals surface area (Å²) in [5.41, 5.74) is -0.601. The molecule has 1 aliphatic rings. The molecule has 0 spiro atoms. The van der Waals surface area contributed by atoms with Gasteiger partial charge in [0.15, 0.2) is 5.75 Å². The molecule has 0 aliphatic heterocycles. The summed E-state index contributed by atoms with van der Waals surface area (Å²) in [6, 6.07) is 4.32. The van der Waals surface area contributed by atoms with Crippen LogP contribution in [0.25, 0.3) is 0 Å². The minimum absolute atomic E-state index is 0.0618. The molecule has 0 heterocycles. The maximum atomic E-state index is 10.9. The van der Waals surface area contributed by atoms with Gasteiger partial charge in [0.2, 0.25) is 0 Å². The number of rotatable bonds is 5. The van der Waals surface area contributed by atoms with E-state index >= 15 is 0 Å². The second-order valence-electron chi connectivity index (χ2n) is 4.94. The summed E-state index contributed by atoms with van der Waals surface area (Å²) in [6.45, 7) is -0.197. The van der Waals surface area contributed by atoms with Crippen LogP contribution in [0.1, 0.15) is 31.2 Å². The highest BCUT2D eigenvalue weighted by molar-refractivity contribution is 5.48. The number of hydrogen-bond acceptors (Lipinski definition) is 5. The van der Waals surface area contributed by atoms with E-state index in [-0.39, 0.29) is 24.7 Å². The number of nitro groups is 1. The van der Waals surface area contributed by atoms with Gasteiger partial charge < -0.3 is 14.9 Å². The molecule has 0 aromatic heterocycles. The zero-order valence-corrected chi connectivity index (χ0v) is 10.5. The number of aliphatic hydroxyl groups is 2. The average Bonchev–Trinajstić information content (AvgIpc) is 2.83. The monoisotopic (exact) mass is 267 g/mol. The molecule has 1 aromatic rings. The van der Waals surface area contributed by atoms with Gasteiger partial charge in [0, 0.05) is 6.07 Å². The van der Waals surface area contributed by atoms with Crippen molar-refractivity contribution in [1.29, 1.82) is 0 Å². The van der Waals surface area contributed by atoms with Gasteiger partial charge in [-0.2, -0.15) is 0 Å². The Hall–Kier alpha value is -1.66. The first-order valence-electron chi connectivity index (χ1n) is 6.27. The first-order valence-corrected chi connectivity index (χ1v) is 6.27. The maximum Gasteiger partial charge on any atom is 0.311 e. The van der Waals surface area contributed by atoms with E-state index in [9.17, 15) is 15.2 Å². The SMILES string of the molecule is O=[N+]([O-])c1cc(CO)ccc1OCC1(O)CCCC1. The Balaban J connectivity index is 2.13. The molecule has 1 aliphatic carbocycles. The van der Waals surface area contributed by atoms with Crippen LogP contribution in [-0.4, -0.2) is 27.3 Å². The first kappa shape index (κ1) is 13.8. The van der Waals surface area contributed by atoms with Gasteiger partial charge in [-0.1, -0.05) is 18.9 Å². The molecule has 0 bridgehead atoms. The van der Waals surface area contributed by atoms with Crippen LogP contribution in [0.3, 0.4) is 0 Å². The van der Waals surface area contributed by atoms with E-state index in [1.165, 1.54) is 12.1 Å². The lowest BCUT2D eigenvalue weighted by Crippen LogP contribution is -2.32. The van der Waals surface area contributed by atoms with Crippen molar-refractivity contribution in [2.24, 2.45) is 0 Å². The second kappa shape index (κ2) is 5.54. The van der Waals surface area contributed by atoms with Crippen LogP contribution in [0.5, 0.6) is 5.75 Å². The zero-order chi connectivity index (χ0) is 13.9. The molecule has 1 fully saturated rings. The Kier molecular flexibility index (Phi) is 4.01. The van der Waals surface area contributed by atoms with Crippen LogP contribution in [0.4, 0.5) is 5.69 Å². The summed E-state index contributed by atoms with van der Waals surface area (Å²) in [7, 11) is 0. The largest absolute Gasteiger partial charge is 0.484 e. The highest BCUT2D eigenvalue weighted by atomic mass is 16.6. The number of hydrogen-bond donors (Lipinski definition) is 2. The van der Waals surface area contributed by atoms with Crippen molar-refractivity contribution in [3.8, 4) is 5.75 Å². The summed E-state index contributed by atoms with van der Waals surface area (Å²) in [5, 5.41) is 30.1. The van der Waals surface area contributed by atoms with Crippen molar-refractivity contribution >= 4 is 5.69 Å². The number of aliphatic hydroxyl groups excluding tert-OH is 1. The van der Waals surface area contributed by atoms with Gasteiger partial charge >= 0.3 is 5.69 Å². The van der Waals surface area contributed by atoms with E-state index in [1.54, 1.807) is 6.07 Å². The van der Waals surface area contributed by atoms with Gasteiger partial charge in [0.05, 0.1) is 17.1 Å². The molecule has 2 rings (SSSR count). The Morgan fingerprint density at radius 1 is 1.37 bits per heavy atom. The van der Waals surface area contributed by atoms with Gasteiger partial charge in [-0.25, -0.2) is 0 Å². The van der Waals surface area contributed by atoms with Crippen molar-refractivity contribution in [1.82, 2.24) is 0 Å². The van der Waals surface area contributed by atoms with Crippen molar-refractivity contribution < 1.29 is 19.9 Å². The third kappa shape index (κ3) is 3.21. The van der Waals surface area contributed by atoms with Gasteiger partial charge in [0.1, 0.15) is 6.61 Å². The highest BCUT2D eigenvalue weighted by Crippen LogP contribution is 2.33. The van der Waals surface area contributed by atoms with E-state index < -0.39 is 10.5 Å². The fourth-order valence-electron chi connectivity index (χ4n) is 2.32. The topological polar surface area (TPSA) is 92.8 Å². The van der Waals surface area contributed by atoms with Crippen LogP contribution >= 0.6 is 0 Å². The molecule has 6 nitrogen and oxygen atoms in total. The standard InChI is InChI=1S/C13H17NO5/c15-8-10-3-4-12(11(7-10)14(17)18)19-9-13(16)5-1-2-6-13/h3-4,7,15-16H,1-2,5-6,8-9H2. The van der Waals surface area contributed by atoms with E-state index in [0.717, 1.165) is 12.8 Å². The Morgan fingerprint density at radius 2 is 2.05 bits per heavy atom. The van der Waals surface area contributed by atoms with Crippen molar-refractivity contribution in [2.45, 2.75) is 37.9 Å². The smallest absolute Gasteiger partial charge is 0.311 e. The number of nitrogens with zero attached hydrogens (tertiary/aromatic N) is 1. The lowest BCUT2D eigenvalue weighted by Gasteiger charge is -2.22. The fraction of sp³-hybridized carbons (Fsp3) is 0.538. The normalized spacial score (nSPS) is 17.4. The maximum absolute atomic E-state index is 10.9. The minimum atomic E-state index is -0.872. The molecule has 0 unspecified atom stereocenters. The number of nitro benzene ring substituents is 1. The van der Waals surface area contributed by atoms with E-state index in [1.807, 2.05) is 0 Å². The zero-order valence-electron chi connectivity index (χ0n) is 10.5. The van der Waals surface area contributed by atoms with Gasteiger partial charge in [0.25, 0.3) is 0 Å². The summed E-state index contributed by atoms with van der Waals surface area (Å²) < 4.78 is 5.41. The highest BCUT2D eigenvalue weighted by Gasteiger charge is 2.32.